The molecule has 0 N–H and O–H groups in total. The maximum atomic E-state index is 14.0. The van der Waals surface area contributed by atoms with Gasteiger partial charge in [-0.1, -0.05) is 65.8 Å². The molecule has 1 aromatic heterocycles. The summed E-state index contributed by atoms with van der Waals surface area (Å²) in [7, 11) is -2.53. The molecule has 37 heavy (non-hydrogen) atoms. The Morgan fingerprint density at radius 2 is 1.59 bits per heavy atom. The van der Waals surface area contributed by atoms with Crippen LogP contribution in [0.5, 0.6) is 5.75 Å². The SMILES string of the molecule is COCCOCN(c1onc(C)c1C)S(=O)(=O)c1ccccc1-c1ccc(OCc2ccccc2)cc1. The fourth-order valence-corrected chi connectivity index (χ4v) is 5.24. The number of rotatable bonds is 12. The highest BCUT2D eigenvalue weighted by molar-refractivity contribution is 7.93. The molecule has 0 aliphatic rings. The Hall–Kier alpha value is -3.66. The van der Waals surface area contributed by atoms with Gasteiger partial charge >= 0.3 is 0 Å². The van der Waals surface area contributed by atoms with Gasteiger partial charge in [0.25, 0.3) is 10.0 Å². The van der Waals surface area contributed by atoms with Gasteiger partial charge in [0.1, 0.15) is 19.1 Å². The van der Waals surface area contributed by atoms with Gasteiger partial charge in [-0.25, -0.2) is 12.7 Å². The number of nitrogens with zero attached hydrogens (tertiary/aromatic N) is 2. The van der Waals surface area contributed by atoms with E-state index in [9.17, 15) is 8.42 Å². The van der Waals surface area contributed by atoms with Crippen LogP contribution in [0.3, 0.4) is 0 Å². The quantitative estimate of drug-likeness (QED) is 0.183. The molecular formula is C28H30N2O6S. The number of benzene rings is 3. The first-order valence-electron chi connectivity index (χ1n) is 11.8. The summed E-state index contributed by atoms with van der Waals surface area (Å²) in [6.45, 7) is 4.27. The van der Waals surface area contributed by atoms with E-state index in [1.165, 1.54) is 0 Å². The predicted molar refractivity (Wildman–Crippen MR) is 141 cm³/mol. The molecule has 0 aliphatic heterocycles. The highest BCUT2D eigenvalue weighted by Crippen LogP contribution is 2.34. The van der Waals surface area contributed by atoms with E-state index in [4.69, 9.17) is 18.7 Å². The molecule has 0 unspecified atom stereocenters. The van der Waals surface area contributed by atoms with Crippen molar-refractivity contribution in [1.29, 1.82) is 0 Å². The number of anilines is 1. The summed E-state index contributed by atoms with van der Waals surface area (Å²) in [4.78, 5) is 0.122. The van der Waals surface area contributed by atoms with Crippen molar-refractivity contribution in [2.75, 3.05) is 31.4 Å². The number of methoxy groups -OCH3 is 1. The Morgan fingerprint density at radius 1 is 0.892 bits per heavy atom. The molecular weight excluding hydrogens is 492 g/mol. The smallest absolute Gasteiger partial charge is 0.269 e. The second kappa shape index (κ2) is 12.1. The van der Waals surface area contributed by atoms with E-state index in [1.807, 2.05) is 54.6 Å². The number of aromatic nitrogens is 1. The molecule has 0 saturated heterocycles. The largest absolute Gasteiger partial charge is 0.489 e. The minimum atomic E-state index is -4.08. The van der Waals surface area contributed by atoms with Crippen molar-refractivity contribution in [3.63, 3.8) is 0 Å². The lowest BCUT2D eigenvalue weighted by molar-refractivity contribution is 0.0744. The third kappa shape index (κ3) is 6.19. The van der Waals surface area contributed by atoms with Gasteiger partial charge in [0.15, 0.2) is 0 Å². The minimum absolute atomic E-state index is 0.120. The molecule has 0 saturated carbocycles. The van der Waals surface area contributed by atoms with Crippen LogP contribution in [0.25, 0.3) is 11.1 Å². The zero-order valence-electron chi connectivity index (χ0n) is 21.1. The highest BCUT2D eigenvalue weighted by Gasteiger charge is 2.32. The maximum absolute atomic E-state index is 14.0. The number of sulfonamides is 1. The Kier molecular flexibility index (Phi) is 8.60. The average Bonchev–Trinajstić information content (AvgIpc) is 3.25. The Balaban J connectivity index is 1.63. The van der Waals surface area contributed by atoms with Gasteiger partial charge in [0.2, 0.25) is 5.88 Å². The van der Waals surface area contributed by atoms with Gasteiger partial charge < -0.3 is 18.7 Å². The zero-order valence-corrected chi connectivity index (χ0v) is 21.9. The van der Waals surface area contributed by atoms with Crippen LogP contribution in [0.15, 0.2) is 88.3 Å². The fourth-order valence-electron chi connectivity index (χ4n) is 3.68. The molecule has 0 aliphatic carbocycles. The molecule has 4 rings (SSSR count). The average molecular weight is 523 g/mol. The van der Waals surface area contributed by atoms with Gasteiger partial charge in [-0.05, 0) is 43.2 Å². The summed E-state index contributed by atoms with van der Waals surface area (Å²) in [6.07, 6.45) is 0. The van der Waals surface area contributed by atoms with Crippen LogP contribution in [0.2, 0.25) is 0 Å². The molecule has 0 radical (unpaired) electrons. The van der Waals surface area contributed by atoms with Gasteiger partial charge in [0.05, 0.1) is 23.8 Å². The predicted octanol–water partition coefficient (Wildman–Crippen LogP) is 5.35. The van der Waals surface area contributed by atoms with E-state index in [1.54, 1.807) is 45.2 Å². The summed E-state index contributed by atoms with van der Waals surface area (Å²) >= 11 is 0. The minimum Gasteiger partial charge on any atom is -0.489 e. The van der Waals surface area contributed by atoms with Gasteiger partial charge in [-0.2, -0.15) is 0 Å². The Morgan fingerprint density at radius 3 is 2.27 bits per heavy atom. The molecule has 194 valence electrons. The van der Waals surface area contributed by atoms with Crippen LogP contribution in [-0.2, 0) is 26.1 Å². The zero-order chi connectivity index (χ0) is 26.3. The lowest BCUT2D eigenvalue weighted by atomic mass is 10.1. The van der Waals surface area contributed by atoms with Crippen molar-refractivity contribution in [3.05, 3.63) is 95.7 Å². The van der Waals surface area contributed by atoms with E-state index < -0.39 is 10.0 Å². The Bertz CT molecular complexity index is 1400. The maximum Gasteiger partial charge on any atom is 0.269 e. The Labute approximate surface area is 217 Å². The number of hydrogen-bond acceptors (Lipinski definition) is 7. The summed E-state index contributed by atoms with van der Waals surface area (Å²) in [6, 6.07) is 24.1. The topological polar surface area (TPSA) is 91.1 Å². The molecule has 0 atom stereocenters. The van der Waals surface area contributed by atoms with Crippen LogP contribution in [0, 0.1) is 13.8 Å². The van der Waals surface area contributed by atoms with E-state index in [-0.39, 0.29) is 24.1 Å². The van der Waals surface area contributed by atoms with Crippen LogP contribution in [0.4, 0.5) is 5.88 Å². The molecule has 9 heteroatoms. The van der Waals surface area contributed by atoms with E-state index in [0.717, 1.165) is 15.4 Å². The first kappa shape index (κ1) is 26.4. The first-order chi connectivity index (χ1) is 17.9. The van der Waals surface area contributed by atoms with Crippen LogP contribution >= 0.6 is 0 Å². The van der Waals surface area contributed by atoms with Gasteiger partial charge in [0, 0.05) is 18.2 Å². The highest BCUT2D eigenvalue weighted by atomic mass is 32.2. The molecule has 0 spiro atoms. The summed E-state index contributed by atoms with van der Waals surface area (Å²) in [5.74, 6) is 0.809. The number of aryl methyl sites for hydroxylation is 1. The molecule has 0 amide bonds. The van der Waals surface area contributed by atoms with Crippen molar-refractivity contribution in [2.24, 2.45) is 0 Å². The number of ether oxygens (including phenoxy) is 3. The van der Waals surface area contributed by atoms with Crippen molar-refractivity contribution >= 4 is 15.9 Å². The van der Waals surface area contributed by atoms with Gasteiger partial charge in [-0.3, -0.25) is 0 Å². The van der Waals surface area contributed by atoms with Crippen LogP contribution < -0.4 is 9.04 Å². The van der Waals surface area contributed by atoms with Crippen LogP contribution in [-0.4, -0.2) is 40.6 Å². The molecule has 4 aromatic rings. The van der Waals surface area contributed by atoms with E-state index in [2.05, 4.69) is 5.16 Å². The second-order valence-corrected chi connectivity index (χ2v) is 10.2. The van der Waals surface area contributed by atoms with Gasteiger partial charge in [-0.15, -0.1) is 0 Å². The summed E-state index contributed by atoms with van der Waals surface area (Å²) in [5.41, 5.74) is 3.57. The third-order valence-corrected chi connectivity index (χ3v) is 7.63. The first-order valence-corrected chi connectivity index (χ1v) is 13.2. The fraction of sp³-hybridized carbons (Fsp3) is 0.250. The van der Waals surface area contributed by atoms with Crippen molar-refractivity contribution in [2.45, 2.75) is 25.3 Å². The normalized spacial score (nSPS) is 11.4. The van der Waals surface area contributed by atoms with E-state index >= 15 is 0 Å². The van der Waals surface area contributed by atoms with Crippen molar-refractivity contribution in [1.82, 2.24) is 5.16 Å². The summed E-state index contributed by atoms with van der Waals surface area (Å²) < 4.78 is 51.0. The second-order valence-electron chi connectivity index (χ2n) is 8.38. The third-order valence-electron chi connectivity index (χ3n) is 5.87. The monoisotopic (exact) mass is 522 g/mol. The molecule has 3 aromatic carbocycles. The summed E-state index contributed by atoms with van der Waals surface area (Å²) in [5, 5.41) is 3.94. The number of hydrogen-bond donors (Lipinski definition) is 0. The molecule has 0 bridgehead atoms. The molecule has 8 nitrogen and oxygen atoms in total. The van der Waals surface area contributed by atoms with Crippen molar-refractivity contribution in [3.8, 4) is 16.9 Å². The standard InChI is InChI=1S/C28H30N2O6S/c1-21-22(2)29-36-28(21)30(20-34-18-17-33-3)37(31,32)27-12-8-7-11-26(27)24-13-15-25(16-14-24)35-19-23-9-5-4-6-10-23/h4-16H,17-20H2,1-3H3. The van der Waals surface area contributed by atoms with E-state index in [0.29, 0.717) is 35.8 Å². The molecule has 0 fully saturated rings. The lowest BCUT2D eigenvalue weighted by Gasteiger charge is -2.23. The lowest BCUT2D eigenvalue weighted by Crippen LogP contribution is -2.34. The molecule has 1 heterocycles. The van der Waals surface area contributed by atoms with Crippen molar-refractivity contribution < 1.29 is 27.2 Å². The van der Waals surface area contributed by atoms with Crippen LogP contribution in [0.1, 0.15) is 16.8 Å².